The predicted molar refractivity (Wildman–Crippen MR) is 167 cm³/mol. The van der Waals surface area contributed by atoms with Crippen LogP contribution in [0, 0.1) is 12.3 Å². The largest absolute Gasteiger partial charge is 0.427 e. The highest BCUT2D eigenvalue weighted by Crippen LogP contribution is 2.41. The molecule has 2 aliphatic rings. The number of carbonyl (C=O) groups excluding carboxylic acids is 4. The number of anilines is 1. The van der Waals surface area contributed by atoms with Gasteiger partial charge in [0.2, 0.25) is 6.79 Å². The van der Waals surface area contributed by atoms with Gasteiger partial charge in [-0.2, -0.15) is 8.42 Å². The maximum absolute atomic E-state index is 13.4. The second-order valence-corrected chi connectivity index (χ2v) is 14.4. The SMILES string of the molecule is CON=C(C(=O)N[C@@H]1C(=O)N2C(C(=O)OCOC(=O)C(C)(C)C)=C(/C=C/OS(=O)(=O)c3ccc(C)cc3)CS[C@H]12)c1csc(N)n1. The summed E-state index contributed by atoms with van der Waals surface area (Å²) >= 11 is 2.27. The van der Waals surface area contributed by atoms with Crippen LogP contribution in [-0.4, -0.2) is 78.8 Å². The van der Waals surface area contributed by atoms with Gasteiger partial charge in [0, 0.05) is 11.1 Å². The average molecular weight is 694 g/mol. The van der Waals surface area contributed by atoms with Crippen molar-refractivity contribution in [1.82, 2.24) is 15.2 Å². The normalized spacial score (nSPS) is 18.5. The van der Waals surface area contributed by atoms with E-state index in [9.17, 15) is 27.6 Å². The lowest BCUT2D eigenvalue weighted by atomic mass is 9.98. The molecule has 0 aliphatic carbocycles. The van der Waals surface area contributed by atoms with E-state index in [4.69, 9.17) is 24.2 Å². The Bertz CT molecular complexity index is 1730. The maximum atomic E-state index is 13.4. The number of fused-ring (bicyclic) bond motifs is 1. The van der Waals surface area contributed by atoms with Crippen LogP contribution in [0.2, 0.25) is 0 Å². The number of thiazole rings is 1. The molecule has 2 aromatic rings. The van der Waals surface area contributed by atoms with Gasteiger partial charge in [-0.05, 0) is 51.5 Å². The summed E-state index contributed by atoms with van der Waals surface area (Å²) in [4.78, 5) is 61.7. The fourth-order valence-corrected chi connectivity index (χ4v) is 6.68. The summed E-state index contributed by atoms with van der Waals surface area (Å²) in [6, 6.07) is 4.92. The molecule has 1 saturated heterocycles. The molecule has 2 amide bonds. The number of esters is 2. The van der Waals surface area contributed by atoms with Gasteiger partial charge < -0.3 is 29.5 Å². The van der Waals surface area contributed by atoms with E-state index in [0.717, 1.165) is 28.1 Å². The molecule has 0 spiro atoms. The van der Waals surface area contributed by atoms with Crippen LogP contribution in [0.5, 0.6) is 0 Å². The molecule has 2 atom stereocenters. The number of nitrogens with two attached hydrogens (primary N) is 1. The summed E-state index contributed by atoms with van der Waals surface area (Å²) in [5.74, 6) is -3.00. The number of hydrogen-bond acceptors (Lipinski definition) is 15. The number of nitrogens with zero attached hydrogens (tertiary/aromatic N) is 3. The molecule has 0 unspecified atom stereocenters. The second-order valence-electron chi connectivity index (χ2n) is 10.8. The van der Waals surface area contributed by atoms with Crippen molar-refractivity contribution >= 4 is 67.8 Å². The Balaban J connectivity index is 1.56. The number of nitrogens with one attached hydrogen (secondary N) is 1. The quantitative estimate of drug-likeness (QED) is 0.0658. The van der Waals surface area contributed by atoms with Crippen LogP contribution in [-0.2, 0) is 47.8 Å². The molecule has 1 aromatic carbocycles. The first-order valence-corrected chi connectivity index (χ1v) is 16.8. The molecule has 0 saturated carbocycles. The molecule has 1 aromatic heterocycles. The molecular formula is C28H31N5O10S3. The van der Waals surface area contributed by atoms with Gasteiger partial charge in [-0.25, -0.2) is 9.78 Å². The number of oxime groups is 1. The van der Waals surface area contributed by atoms with E-state index in [1.54, 1.807) is 39.8 Å². The number of thioether (sulfide) groups is 1. The highest BCUT2D eigenvalue weighted by Gasteiger charge is 2.54. The van der Waals surface area contributed by atoms with Gasteiger partial charge in [0.15, 0.2) is 10.8 Å². The van der Waals surface area contributed by atoms with E-state index < -0.39 is 57.5 Å². The Kier molecular flexibility index (Phi) is 10.4. The van der Waals surface area contributed by atoms with Gasteiger partial charge in [0.25, 0.3) is 11.8 Å². The highest BCUT2D eigenvalue weighted by atomic mass is 32.2. The average Bonchev–Trinajstić information content (AvgIpc) is 3.43. The van der Waals surface area contributed by atoms with E-state index in [1.807, 2.05) is 0 Å². The molecule has 4 rings (SSSR count). The minimum Gasteiger partial charge on any atom is -0.427 e. The lowest BCUT2D eigenvalue weighted by Crippen LogP contribution is -2.71. The van der Waals surface area contributed by atoms with Crippen molar-refractivity contribution in [3.8, 4) is 0 Å². The third kappa shape index (κ3) is 7.68. The Hall–Kier alpha value is -4.42. The van der Waals surface area contributed by atoms with E-state index in [0.29, 0.717) is 0 Å². The van der Waals surface area contributed by atoms with Crippen molar-refractivity contribution in [2.24, 2.45) is 10.6 Å². The van der Waals surface area contributed by atoms with Crippen LogP contribution in [0.3, 0.4) is 0 Å². The number of amides is 2. The van der Waals surface area contributed by atoms with Crippen LogP contribution in [0.25, 0.3) is 0 Å². The minimum absolute atomic E-state index is 0.0802. The van der Waals surface area contributed by atoms with Gasteiger partial charge in [0.1, 0.15) is 41.1 Å². The molecule has 2 aliphatic heterocycles. The fourth-order valence-electron chi connectivity index (χ4n) is 4.03. The number of hydrogen-bond donors (Lipinski definition) is 2. The number of ether oxygens (including phenoxy) is 2. The fraction of sp³-hybridized carbons (Fsp3) is 0.357. The lowest BCUT2D eigenvalue weighted by molar-refractivity contribution is -0.173. The van der Waals surface area contributed by atoms with Crippen LogP contribution < -0.4 is 11.1 Å². The van der Waals surface area contributed by atoms with Crippen LogP contribution in [0.4, 0.5) is 5.13 Å². The molecule has 1 fully saturated rings. The molecule has 0 bridgehead atoms. The summed E-state index contributed by atoms with van der Waals surface area (Å²) in [5.41, 5.74) is 5.54. The van der Waals surface area contributed by atoms with Crippen molar-refractivity contribution in [2.45, 2.75) is 44.0 Å². The van der Waals surface area contributed by atoms with Gasteiger partial charge in [-0.3, -0.25) is 19.3 Å². The smallest absolute Gasteiger partial charge is 0.358 e. The molecule has 15 nitrogen and oxygen atoms in total. The minimum atomic E-state index is -4.18. The molecule has 246 valence electrons. The van der Waals surface area contributed by atoms with Crippen molar-refractivity contribution in [2.75, 3.05) is 25.4 Å². The van der Waals surface area contributed by atoms with Gasteiger partial charge in [-0.1, -0.05) is 22.9 Å². The zero-order valence-corrected chi connectivity index (χ0v) is 27.8. The van der Waals surface area contributed by atoms with Gasteiger partial charge in [0.05, 0.1) is 5.41 Å². The molecule has 18 heteroatoms. The number of aryl methyl sites for hydroxylation is 1. The first-order valence-electron chi connectivity index (χ1n) is 13.5. The third-order valence-electron chi connectivity index (χ3n) is 6.39. The van der Waals surface area contributed by atoms with E-state index in [2.05, 4.69) is 15.5 Å². The Labute approximate surface area is 272 Å². The standard InChI is InChI=1S/C28H31N5O10S3/c1-15-6-8-17(9-7-15)46(38,39)43-11-10-16-12-44-24-20(31-22(34)19(32-40-5)18-13-45-27(29)30-18)23(35)33(24)21(16)25(36)41-14-42-26(37)28(2,3)4/h6-11,13,20,24H,12,14H2,1-5H3,(H2,29,30)(H,31,34)/b11-10+,32-19?/t20-,24-/m1/s1. The molecule has 3 N–H and O–H groups in total. The second kappa shape index (κ2) is 13.9. The number of aromatic nitrogens is 1. The summed E-state index contributed by atoms with van der Waals surface area (Å²) in [6.07, 6.45) is 2.11. The maximum Gasteiger partial charge on any atom is 0.358 e. The number of benzene rings is 1. The van der Waals surface area contributed by atoms with E-state index in [1.165, 1.54) is 42.5 Å². The lowest BCUT2D eigenvalue weighted by Gasteiger charge is -2.49. The van der Waals surface area contributed by atoms with Crippen molar-refractivity contribution in [3.63, 3.8) is 0 Å². The molecule has 3 heterocycles. The summed E-state index contributed by atoms with van der Waals surface area (Å²) in [5, 5.41) is 7.24. The van der Waals surface area contributed by atoms with Crippen LogP contribution in [0.1, 0.15) is 32.0 Å². The zero-order valence-electron chi connectivity index (χ0n) is 25.3. The van der Waals surface area contributed by atoms with Gasteiger partial charge in [-0.15, -0.1) is 23.1 Å². The van der Waals surface area contributed by atoms with Crippen molar-refractivity contribution < 1.29 is 46.1 Å². The molecule has 46 heavy (non-hydrogen) atoms. The van der Waals surface area contributed by atoms with Crippen molar-refractivity contribution in [1.29, 1.82) is 0 Å². The number of β-lactam (4-membered cyclic amide) rings is 1. The Morgan fingerprint density at radius 2 is 1.89 bits per heavy atom. The highest BCUT2D eigenvalue weighted by molar-refractivity contribution is 8.00. The van der Waals surface area contributed by atoms with Crippen molar-refractivity contribution in [3.05, 3.63) is 64.5 Å². The van der Waals surface area contributed by atoms with Crippen LogP contribution in [0.15, 0.2) is 63.3 Å². The Morgan fingerprint density at radius 3 is 2.50 bits per heavy atom. The first kappa shape index (κ1) is 34.5. The summed E-state index contributed by atoms with van der Waals surface area (Å²) in [7, 11) is -2.94. The van der Waals surface area contributed by atoms with Gasteiger partial charge >= 0.3 is 22.1 Å². The Morgan fingerprint density at radius 1 is 1.20 bits per heavy atom. The number of allylic oxidation sites excluding steroid dienone is 1. The topological polar surface area (TPSA) is 206 Å². The predicted octanol–water partition coefficient (Wildman–Crippen LogP) is 2.05. The third-order valence-corrected chi connectivity index (χ3v) is 9.58. The first-order chi connectivity index (χ1) is 21.6. The zero-order chi connectivity index (χ0) is 33.8. The van der Waals surface area contributed by atoms with Crippen LogP contribution >= 0.6 is 23.1 Å². The van der Waals surface area contributed by atoms with E-state index in [-0.39, 0.29) is 38.5 Å². The monoisotopic (exact) mass is 693 g/mol. The number of rotatable bonds is 11. The number of carbonyl (C=O) groups is 4. The molecule has 0 radical (unpaired) electrons. The number of nitrogen functional groups attached to an aromatic ring is 1. The summed E-state index contributed by atoms with van der Waals surface area (Å²) < 4.78 is 40.5. The molecular weight excluding hydrogens is 663 g/mol. The summed E-state index contributed by atoms with van der Waals surface area (Å²) in [6.45, 7) is 5.93. The van der Waals surface area contributed by atoms with E-state index >= 15 is 0 Å².